The van der Waals surface area contributed by atoms with Crippen LogP contribution in [0.15, 0.2) is 24.3 Å². The molecule has 1 rings (SSSR count). The van der Waals surface area contributed by atoms with Gasteiger partial charge in [-0.25, -0.2) is 4.79 Å². The lowest BCUT2D eigenvalue weighted by atomic mass is 10.0. The molecule has 0 fully saturated rings. The summed E-state index contributed by atoms with van der Waals surface area (Å²) in [7, 11) is 3.15. The monoisotopic (exact) mass is 240 g/mol. The second-order valence-electron chi connectivity index (χ2n) is 3.59. The van der Waals surface area contributed by atoms with Crippen LogP contribution in [-0.2, 0) is 14.3 Å². The highest BCUT2D eigenvalue weighted by molar-refractivity contribution is 5.73. The highest BCUT2D eigenvalue weighted by Gasteiger charge is 2.16. The summed E-state index contributed by atoms with van der Waals surface area (Å²) in [5.41, 5.74) is 1.21. The van der Waals surface area contributed by atoms with Gasteiger partial charge in [-0.2, -0.15) is 0 Å². The molecule has 0 heterocycles. The first kappa shape index (κ1) is 13.6. The Morgan fingerprint density at radius 3 is 2.18 bits per heavy atom. The first-order valence-corrected chi connectivity index (χ1v) is 5.12. The van der Waals surface area contributed by atoms with Gasteiger partial charge in [0.25, 0.3) is 0 Å². The Balaban J connectivity index is 2.83. The van der Waals surface area contributed by atoms with Gasteiger partial charge in [0, 0.05) is 14.2 Å². The standard InChI is InChI=1S/C12H16O5/c1-16-7-10(17-2)8-3-5-9(6-4-8)11(13)12(14)15/h3-6,10-11,13H,7H2,1-2H3,(H,14,15). The van der Waals surface area contributed by atoms with Crippen LogP contribution in [-0.4, -0.2) is 37.0 Å². The van der Waals surface area contributed by atoms with E-state index >= 15 is 0 Å². The second kappa shape index (κ2) is 6.34. The van der Waals surface area contributed by atoms with Gasteiger partial charge in [0.2, 0.25) is 0 Å². The molecule has 0 bridgehead atoms. The molecule has 5 heteroatoms. The lowest BCUT2D eigenvalue weighted by Gasteiger charge is -2.15. The van der Waals surface area contributed by atoms with E-state index < -0.39 is 12.1 Å². The molecule has 0 radical (unpaired) electrons. The van der Waals surface area contributed by atoms with Crippen molar-refractivity contribution in [3.8, 4) is 0 Å². The van der Waals surface area contributed by atoms with E-state index in [-0.39, 0.29) is 6.10 Å². The van der Waals surface area contributed by atoms with Gasteiger partial charge < -0.3 is 19.7 Å². The Morgan fingerprint density at radius 1 is 1.24 bits per heavy atom. The molecule has 0 saturated carbocycles. The fraction of sp³-hybridized carbons (Fsp3) is 0.417. The normalized spacial score (nSPS) is 14.3. The van der Waals surface area contributed by atoms with E-state index in [0.29, 0.717) is 12.2 Å². The number of carbonyl (C=O) groups is 1. The molecule has 17 heavy (non-hydrogen) atoms. The zero-order valence-corrected chi connectivity index (χ0v) is 9.79. The van der Waals surface area contributed by atoms with Gasteiger partial charge >= 0.3 is 5.97 Å². The molecule has 2 atom stereocenters. The Hall–Kier alpha value is -1.43. The van der Waals surface area contributed by atoms with Gasteiger partial charge in [0.05, 0.1) is 6.61 Å². The number of carboxylic acids is 1. The average molecular weight is 240 g/mol. The van der Waals surface area contributed by atoms with Crippen molar-refractivity contribution in [3.05, 3.63) is 35.4 Å². The molecule has 94 valence electrons. The van der Waals surface area contributed by atoms with Crippen LogP contribution >= 0.6 is 0 Å². The van der Waals surface area contributed by atoms with E-state index in [1.807, 2.05) is 0 Å². The largest absolute Gasteiger partial charge is 0.479 e. The van der Waals surface area contributed by atoms with E-state index in [1.54, 1.807) is 38.5 Å². The summed E-state index contributed by atoms with van der Waals surface area (Å²) in [6.07, 6.45) is -1.69. The van der Waals surface area contributed by atoms with Crippen molar-refractivity contribution in [2.45, 2.75) is 12.2 Å². The van der Waals surface area contributed by atoms with E-state index in [1.165, 1.54) is 0 Å². The zero-order chi connectivity index (χ0) is 12.8. The number of ether oxygens (including phenoxy) is 2. The van der Waals surface area contributed by atoms with Gasteiger partial charge in [-0.15, -0.1) is 0 Å². The third-order valence-corrected chi connectivity index (χ3v) is 2.46. The molecular weight excluding hydrogens is 224 g/mol. The smallest absolute Gasteiger partial charge is 0.337 e. The number of hydrogen-bond acceptors (Lipinski definition) is 4. The maximum Gasteiger partial charge on any atom is 0.337 e. The molecule has 0 aliphatic rings. The van der Waals surface area contributed by atoms with Crippen LogP contribution in [0.5, 0.6) is 0 Å². The number of aliphatic carboxylic acids is 1. The number of rotatable bonds is 6. The van der Waals surface area contributed by atoms with Gasteiger partial charge in [-0.1, -0.05) is 24.3 Å². The van der Waals surface area contributed by atoms with Crippen molar-refractivity contribution in [3.63, 3.8) is 0 Å². The quantitative estimate of drug-likeness (QED) is 0.779. The van der Waals surface area contributed by atoms with Crippen molar-refractivity contribution in [2.24, 2.45) is 0 Å². The lowest BCUT2D eigenvalue weighted by molar-refractivity contribution is -0.146. The van der Waals surface area contributed by atoms with Crippen molar-refractivity contribution < 1.29 is 24.5 Å². The second-order valence-corrected chi connectivity index (χ2v) is 3.59. The van der Waals surface area contributed by atoms with Crippen molar-refractivity contribution in [2.75, 3.05) is 20.8 Å². The van der Waals surface area contributed by atoms with Crippen LogP contribution in [0.1, 0.15) is 23.3 Å². The van der Waals surface area contributed by atoms with E-state index in [2.05, 4.69) is 0 Å². The van der Waals surface area contributed by atoms with Crippen LogP contribution in [0.2, 0.25) is 0 Å². The molecule has 0 aliphatic carbocycles. The van der Waals surface area contributed by atoms with E-state index in [0.717, 1.165) is 5.56 Å². The van der Waals surface area contributed by atoms with Crippen molar-refractivity contribution in [1.82, 2.24) is 0 Å². The van der Waals surface area contributed by atoms with Crippen LogP contribution in [0, 0.1) is 0 Å². The van der Waals surface area contributed by atoms with Crippen LogP contribution in [0.25, 0.3) is 0 Å². The third kappa shape index (κ3) is 3.52. The summed E-state index contributed by atoms with van der Waals surface area (Å²) in [5, 5.41) is 18.0. The first-order chi connectivity index (χ1) is 8.10. The minimum absolute atomic E-state index is 0.198. The van der Waals surface area contributed by atoms with Crippen molar-refractivity contribution >= 4 is 5.97 Å². The summed E-state index contributed by atoms with van der Waals surface area (Å²) in [6, 6.07) is 6.56. The molecule has 0 spiro atoms. The fourth-order valence-corrected chi connectivity index (χ4v) is 1.49. The first-order valence-electron chi connectivity index (χ1n) is 5.12. The Morgan fingerprint density at radius 2 is 1.76 bits per heavy atom. The molecular formula is C12H16O5. The van der Waals surface area contributed by atoms with Gasteiger partial charge in [0.1, 0.15) is 6.10 Å². The summed E-state index contributed by atoms with van der Waals surface area (Å²) in [4.78, 5) is 10.6. The summed E-state index contributed by atoms with van der Waals surface area (Å²) < 4.78 is 10.2. The zero-order valence-electron chi connectivity index (χ0n) is 9.79. The summed E-state index contributed by atoms with van der Waals surface area (Å²) >= 11 is 0. The minimum Gasteiger partial charge on any atom is -0.479 e. The van der Waals surface area contributed by atoms with Crippen molar-refractivity contribution in [1.29, 1.82) is 0 Å². The number of benzene rings is 1. The number of methoxy groups -OCH3 is 2. The third-order valence-electron chi connectivity index (χ3n) is 2.46. The summed E-state index contributed by atoms with van der Waals surface area (Å²) in [5.74, 6) is -1.27. The van der Waals surface area contributed by atoms with Gasteiger partial charge in [0.15, 0.2) is 6.10 Å². The molecule has 1 aromatic carbocycles. The maximum absolute atomic E-state index is 10.6. The van der Waals surface area contributed by atoms with E-state index in [4.69, 9.17) is 14.6 Å². The highest BCUT2D eigenvalue weighted by Crippen LogP contribution is 2.20. The molecule has 5 nitrogen and oxygen atoms in total. The molecule has 2 unspecified atom stereocenters. The molecule has 0 aliphatic heterocycles. The van der Waals surface area contributed by atoms with Crippen LogP contribution in [0.4, 0.5) is 0 Å². The van der Waals surface area contributed by atoms with Gasteiger partial charge in [-0.05, 0) is 11.1 Å². The Bertz CT molecular complexity index is 360. The number of hydrogen-bond donors (Lipinski definition) is 2. The highest BCUT2D eigenvalue weighted by atomic mass is 16.5. The summed E-state index contributed by atoms with van der Waals surface area (Å²) in [6.45, 7) is 0.414. The molecule has 1 aromatic rings. The van der Waals surface area contributed by atoms with E-state index in [9.17, 15) is 9.90 Å². The lowest BCUT2D eigenvalue weighted by Crippen LogP contribution is -2.11. The molecule has 0 aromatic heterocycles. The average Bonchev–Trinajstić information content (AvgIpc) is 2.35. The molecule has 0 saturated heterocycles. The number of aliphatic hydroxyl groups is 1. The number of aliphatic hydroxyl groups excluding tert-OH is 1. The minimum atomic E-state index is -1.49. The molecule has 0 amide bonds. The van der Waals surface area contributed by atoms with Crippen LogP contribution in [0.3, 0.4) is 0 Å². The molecule has 2 N–H and O–H groups in total. The fourth-order valence-electron chi connectivity index (χ4n) is 1.49. The predicted octanol–water partition coefficient (Wildman–Crippen LogP) is 1.14. The van der Waals surface area contributed by atoms with Crippen LogP contribution < -0.4 is 0 Å². The Kier molecular flexibility index (Phi) is 5.09. The Labute approximate surface area is 99.6 Å². The predicted molar refractivity (Wildman–Crippen MR) is 60.7 cm³/mol. The maximum atomic E-state index is 10.6. The topological polar surface area (TPSA) is 76.0 Å². The SMILES string of the molecule is COCC(OC)c1ccc(C(O)C(=O)O)cc1. The number of carboxylic acid groups (broad SMARTS) is 1. The van der Waals surface area contributed by atoms with Gasteiger partial charge in [-0.3, -0.25) is 0 Å².